The second-order valence-electron chi connectivity index (χ2n) is 7.05. The Labute approximate surface area is 172 Å². The van der Waals surface area contributed by atoms with Crippen LogP contribution in [0.2, 0.25) is 0 Å². The van der Waals surface area contributed by atoms with Crippen molar-refractivity contribution in [2.75, 3.05) is 23.7 Å². The summed E-state index contributed by atoms with van der Waals surface area (Å²) in [5.41, 5.74) is 1.81. The number of amides is 2. The summed E-state index contributed by atoms with van der Waals surface area (Å²) in [5, 5.41) is 6.54. The molecule has 2 amide bonds. The van der Waals surface area contributed by atoms with Crippen LogP contribution in [0.3, 0.4) is 0 Å². The van der Waals surface area contributed by atoms with Crippen LogP contribution >= 0.6 is 0 Å². The van der Waals surface area contributed by atoms with Crippen LogP contribution in [0, 0.1) is 5.82 Å². The minimum absolute atomic E-state index is 0.0259. The van der Waals surface area contributed by atoms with Gasteiger partial charge in [-0.2, -0.15) is 0 Å². The topological polar surface area (TPSA) is 87.2 Å². The summed E-state index contributed by atoms with van der Waals surface area (Å²) < 4.78 is 13.3. The van der Waals surface area contributed by atoms with Gasteiger partial charge in [-0.15, -0.1) is 0 Å². The van der Waals surface area contributed by atoms with Crippen molar-refractivity contribution in [3.8, 4) is 0 Å². The highest BCUT2D eigenvalue weighted by molar-refractivity contribution is 5.99. The molecule has 30 heavy (non-hydrogen) atoms. The van der Waals surface area contributed by atoms with Gasteiger partial charge in [-0.3, -0.25) is 9.59 Å². The first-order valence-electron chi connectivity index (χ1n) is 9.53. The quantitative estimate of drug-likeness (QED) is 0.637. The Hall–Kier alpha value is -3.81. The van der Waals surface area contributed by atoms with E-state index >= 15 is 0 Å². The van der Waals surface area contributed by atoms with Crippen molar-refractivity contribution in [1.82, 2.24) is 14.9 Å². The summed E-state index contributed by atoms with van der Waals surface area (Å²) in [5.74, 6) is -0.247. The average Bonchev–Trinajstić information content (AvgIpc) is 3.22. The van der Waals surface area contributed by atoms with Gasteiger partial charge < -0.3 is 15.5 Å². The molecule has 4 rings (SSSR count). The third kappa shape index (κ3) is 4.27. The van der Waals surface area contributed by atoms with E-state index in [0.29, 0.717) is 41.2 Å². The number of carbonyl (C=O) groups excluding carboxylic acids is 2. The lowest BCUT2D eigenvalue weighted by Gasteiger charge is -2.17. The zero-order valence-electron chi connectivity index (χ0n) is 16.1. The molecule has 1 fully saturated rings. The maximum Gasteiger partial charge on any atom is 0.253 e. The van der Waals surface area contributed by atoms with E-state index in [1.54, 1.807) is 41.4 Å². The number of nitrogens with zero attached hydrogens (tertiary/aromatic N) is 3. The number of fused-ring (bicyclic) bond motifs is 1. The van der Waals surface area contributed by atoms with Gasteiger partial charge in [-0.25, -0.2) is 14.4 Å². The highest BCUT2D eigenvalue weighted by atomic mass is 19.1. The zero-order valence-corrected chi connectivity index (χ0v) is 16.1. The van der Waals surface area contributed by atoms with Gasteiger partial charge in [0, 0.05) is 42.0 Å². The standard InChI is InChI=1S/C22H20FN5O2/c1-2-20(29)25-17-6-3-14(4-7-17)21(30)28-10-9-18(13-28)26-22-24-12-15-11-16(23)5-8-19(15)27-22/h2-8,11-12,18H,1,9-10,13H2,(H,25,29)(H,24,26,27). The lowest BCUT2D eigenvalue weighted by molar-refractivity contribution is -0.111. The molecule has 0 saturated carbocycles. The Kier molecular flexibility index (Phi) is 5.38. The molecule has 2 aromatic carbocycles. The van der Waals surface area contributed by atoms with Gasteiger partial charge in [-0.05, 0) is 55.0 Å². The molecule has 2 heterocycles. The van der Waals surface area contributed by atoms with E-state index in [4.69, 9.17) is 0 Å². The van der Waals surface area contributed by atoms with Gasteiger partial charge in [0.2, 0.25) is 11.9 Å². The van der Waals surface area contributed by atoms with Crippen LogP contribution in [0.5, 0.6) is 0 Å². The fourth-order valence-corrected chi connectivity index (χ4v) is 3.39. The van der Waals surface area contributed by atoms with Crippen molar-refractivity contribution in [1.29, 1.82) is 0 Å². The van der Waals surface area contributed by atoms with Crippen molar-refractivity contribution in [2.45, 2.75) is 12.5 Å². The first-order valence-corrected chi connectivity index (χ1v) is 9.53. The van der Waals surface area contributed by atoms with Crippen molar-refractivity contribution in [3.63, 3.8) is 0 Å². The largest absolute Gasteiger partial charge is 0.350 e. The molecule has 1 aliphatic rings. The molecule has 0 aliphatic carbocycles. The molecule has 7 nitrogen and oxygen atoms in total. The smallest absolute Gasteiger partial charge is 0.253 e. The SMILES string of the molecule is C=CC(=O)Nc1ccc(C(=O)N2CCC(Nc3ncc4cc(F)ccc4n3)C2)cc1. The normalized spacial score (nSPS) is 15.8. The molecule has 1 unspecified atom stereocenters. The van der Waals surface area contributed by atoms with Gasteiger partial charge >= 0.3 is 0 Å². The van der Waals surface area contributed by atoms with E-state index in [-0.39, 0.29) is 23.7 Å². The lowest BCUT2D eigenvalue weighted by Crippen LogP contribution is -2.31. The molecule has 1 atom stereocenters. The number of halogens is 1. The average molecular weight is 405 g/mol. The Morgan fingerprint density at radius 2 is 2.00 bits per heavy atom. The Morgan fingerprint density at radius 1 is 1.20 bits per heavy atom. The maximum atomic E-state index is 13.3. The summed E-state index contributed by atoms with van der Waals surface area (Å²) in [6.07, 6.45) is 3.54. The van der Waals surface area contributed by atoms with Gasteiger partial charge in [0.15, 0.2) is 0 Å². The molecule has 8 heteroatoms. The molecular formula is C22H20FN5O2. The minimum Gasteiger partial charge on any atom is -0.350 e. The van der Waals surface area contributed by atoms with Crippen LogP contribution in [0.1, 0.15) is 16.8 Å². The zero-order chi connectivity index (χ0) is 21.1. The van der Waals surface area contributed by atoms with E-state index in [2.05, 4.69) is 27.2 Å². The number of likely N-dealkylation sites (tertiary alicyclic amines) is 1. The molecule has 2 N–H and O–H groups in total. The van der Waals surface area contributed by atoms with Crippen LogP contribution in [-0.4, -0.2) is 45.8 Å². The number of rotatable bonds is 5. The van der Waals surface area contributed by atoms with Crippen molar-refractivity contribution < 1.29 is 14.0 Å². The highest BCUT2D eigenvalue weighted by Gasteiger charge is 2.27. The van der Waals surface area contributed by atoms with Crippen LogP contribution < -0.4 is 10.6 Å². The third-order valence-electron chi connectivity index (χ3n) is 4.94. The second-order valence-corrected chi connectivity index (χ2v) is 7.05. The van der Waals surface area contributed by atoms with Gasteiger partial charge in [0.1, 0.15) is 5.82 Å². The number of nitrogens with one attached hydrogen (secondary N) is 2. The van der Waals surface area contributed by atoms with Crippen LogP contribution in [-0.2, 0) is 4.79 Å². The van der Waals surface area contributed by atoms with E-state index in [0.717, 1.165) is 6.42 Å². The Morgan fingerprint density at radius 3 is 2.77 bits per heavy atom. The summed E-state index contributed by atoms with van der Waals surface area (Å²) in [6.45, 7) is 4.55. The third-order valence-corrected chi connectivity index (χ3v) is 4.94. The van der Waals surface area contributed by atoms with E-state index in [1.165, 1.54) is 18.2 Å². The Bertz CT molecular complexity index is 1120. The number of hydrogen-bond donors (Lipinski definition) is 2. The number of carbonyl (C=O) groups is 2. The molecule has 1 aliphatic heterocycles. The molecule has 3 aromatic rings. The fraction of sp³-hybridized carbons (Fsp3) is 0.182. The molecule has 1 saturated heterocycles. The van der Waals surface area contributed by atoms with Crippen molar-refractivity contribution in [2.24, 2.45) is 0 Å². The molecule has 152 valence electrons. The lowest BCUT2D eigenvalue weighted by atomic mass is 10.2. The van der Waals surface area contributed by atoms with Crippen molar-refractivity contribution >= 4 is 34.4 Å². The summed E-state index contributed by atoms with van der Waals surface area (Å²) >= 11 is 0. The molecule has 0 radical (unpaired) electrons. The number of benzene rings is 2. The molecule has 0 spiro atoms. The van der Waals surface area contributed by atoms with Crippen molar-refractivity contribution in [3.05, 3.63) is 72.7 Å². The molecule has 1 aromatic heterocycles. The van der Waals surface area contributed by atoms with Gasteiger partial charge in [0.05, 0.1) is 5.52 Å². The van der Waals surface area contributed by atoms with Crippen LogP contribution in [0.15, 0.2) is 61.3 Å². The van der Waals surface area contributed by atoms with E-state index < -0.39 is 0 Å². The van der Waals surface area contributed by atoms with Crippen LogP contribution in [0.4, 0.5) is 16.0 Å². The monoisotopic (exact) mass is 405 g/mol. The molecular weight excluding hydrogens is 385 g/mol. The summed E-state index contributed by atoms with van der Waals surface area (Å²) in [4.78, 5) is 34.5. The molecule has 0 bridgehead atoms. The van der Waals surface area contributed by atoms with Gasteiger partial charge in [0.25, 0.3) is 5.91 Å². The first-order chi connectivity index (χ1) is 14.5. The van der Waals surface area contributed by atoms with Crippen LogP contribution in [0.25, 0.3) is 10.9 Å². The second kappa shape index (κ2) is 8.28. The van der Waals surface area contributed by atoms with Gasteiger partial charge in [-0.1, -0.05) is 6.58 Å². The number of anilines is 2. The minimum atomic E-state index is -0.326. The first kappa shape index (κ1) is 19.5. The van der Waals surface area contributed by atoms with E-state index in [1.807, 2.05) is 0 Å². The number of hydrogen-bond acceptors (Lipinski definition) is 5. The van der Waals surface area contributed by atoms with E-state index in [9.17, 15) is 14.0 Å². The highest BCUT2D eigenvalue weighted by Crippen LogP contribution is 2.19. The summed E-state index contributed by atoms with van der Waals surface area (Å²) in [6, 6.07) is 11.1. The Balaban J connectivity index is 1.38. The number of aromatic nitrogens is 2. The summed E-state index contributed by atoms with van der Waals surface area (Å²) in [7, 11) is 0. The maximum absolute atomic E-state index is 13.3. The fourth-order valence-electron chi connectivity index (χ4n) is 3.39. The predicted octanol–water partition coefficient (Wildman–Crippen LogP) is 3.22. The predicted molar refractivity (Wildman–Crippen MR) is 113 cm³/mol.